The molecule has 0 bridgehead atoms. The summed E-state index contributed by atoms with van der Waals surface area (Å²) in [7, 11) is 6.72. The summed E-state index contributed by atoms with van der Waals surface area (Å²) >= 11 is 0. The van der Waals surface area contributed by atoms with Crippen LogP contribution in [0.1, 0.15) is 92.7 Å². The first kappa shape index (κ1) is 44.3. The van der Waals surface area contributed by atoms with E-state index in [1.807, 2.05) is 74.9 Å². The number of likely N-dealkylation sites (N-methyl/N-ethyl adjacent to an activating group) is 2. The number of methoxy groups -OCH3 is 2. The Morgan fingerprint density at radius 2 is 1.57 bits per heavy atom. The van der Waals surface area contributed by atoms with E-state index in [1.165, 1.54) is 0 Å². The van der Waals surface area contributed by atoms with Gasteiger partial charge in [0.05, 0.1) is 54.8 Å². The maximum atomic E-state index is 14.2. The Balaban J connectivity index is 2.25. The molecule has 0 unspecified atom stereocenters. The molecule has 1 aromatic carbocycles. The number of imide groups is 1. The molecule has 1 aliphatic heterocycles. The van der Waals surface area contributed by atoms with E-state index in [4.69, 9.17) is 9.47 Å². The molecule has 12 heteroatoms. The standard InChI is InChI=1S/C39H67N5O7/c1-13-25(6)34(43(10)33(24(4)5)39(49)42-38(48)32(40-9)23(2)3)30(50-11)22-31(45)44-21-17-20-29(44)36(51-12)26(7)37(47)41-27(8)35(46)28-18-15-14-16-19-28/h14-16,18-19,23-27,29-30,32-36,40,46H,13,17,20-22H2,1-12H3,(H,41,47)(H,42,48,49)/t25-,26+,27+,29-,30+,32-,33-,34+,35+,36-/m0/s1. The summed E-state index contributed by atoms with van der Waals surface area (Å²) in [6.45, 7) is 16.0. The fourth-order valence-corrected chi connectivity index (χ4v) is 7.75. The number of nitrogens with one attached hydrogen (secondary N) is 3. The second-order valence-electron chi connectivity index (χ2n) is 15.0. The maximum absolute atomic E-state index is 14.2. The van der Waals surface area contributed by atoms with Gasteiger partial charge in [-0.3, -0.25) is 29.4 Å². The number of hydrogen-bond acceptors (Lipinski definition) is 9. The number of aliphatic hydroxyl groups excluding tert-OH is 1. The van der Waals surface area contributed by atoms with Gasteiger partial charge in [0.2, 0.25) is 23.6 Å². The largest absolute Gasteiger partial charge is 0.386 e. The van der Waals surface area contributed by atoms with Gasteiger partial charge in [-0.25, -0.2) is 0 Å². The zero-order valence-electron chi connectivity index (χ0n) is 33.1. The van der Waals surface area contributed by atoms with E-state index in [0.29, 0.717) is 18.5 Å². The summed E-state index contributed by atoms with van der Waals surface area (Å²) in [6, 6.07) is 6.86. The first-order valence-corrected chi connectivity index (χ1v) is 18.7. The van der Waals surface area contributed by atoms with Crippen LogP contribution in [-0.2, 0) is 28.7 Å². The fraction of sp³-hybridized carbons (Fsp3) is 0.744. The quantitative estimate of drug-likeness (QED) is 0.159. The van der Waals surface area contributed by atoms with Crippen LogP contribution in [0.3, 0.4) is 0 Å². The van der Waals surface area contributed by atoms with E-state index >= 15 is 0 Å². The van der Waals surface area contributed by atoms with Crippen LogP contribution in [0.2, 0.25) is 0 Å². The van der Waals surface area contributed by atoms with Crippen LogP contribution in [0.25, 0.3) is 0 Å². The molecular weight excluding hydrogens is 650 g/mol. The highest BCUT2D eigenvalue weighted by Gasteiger charge is 2.43. The van der Waals surface area contributed by atoms with Gasteiger partial charge in [-0.2, -0.15) is 0 Å². The molecule has 2 rings (SSSR count). The van der Waals surface area contributed by atoms with Crippen molar-refractivity contribution in [1.29, 1.82) is 0 Å². The Kier molecular flexibility index (Phi) is 18.2. The van der Waals surface area contributed by atoms with Crippen LogP contribution in [0.5, 0.6) is 0 Å². The lowest BCUT2D eigenvalue weighted by Gasteiger charge is -2.43. The molecule has 1 aliphatic rings. The van der Waals surface area contributed by atoms with Crippen LogP contribution in [0, 0.1) is 23.7 Å². The fourth-order valence-electron chi connectivity index (χ4n) is 7.75. The zero-order chi connectivity index (χ0) is 38.6. The van der Waals surface area contributed by atoms with Crippen LogP contribution in [-0.4, -0.2) is 116 Å². The molecule has 1 saturated heterocycles. The Morgan fingerprint density at radius 1 is 0.941 bits per heavy atom. The molecule has 1 heterocycles. The Labute approximate surface area is 306 Å². The third-order valence-corrected chi connectivity index (χ3v) is 10.8. The summed E-state index contributed by atoms with van der Waals surface area (Å²) in [5, 5.41) is 19.4. The summed E-state index contributed by atoms with van der Waals surface area (Å²) in [6.07, 6.45) is 0.326. The van der Waals surface area contributed by atoms with Gasteiger partial charge in [0.1, 0.15) is 0 Å². The van der Waals surface area contributed by atoms with Gasteiger partial charge in [-0.05, 0) is 57.2 Å². The number of likely N-dealkylation sites (tertiary alicyclic amines) is 1. The predicted octanol–water partition coefficient (Wildman–Crippen LogP) is 3.53. The molecule has 51 heavy (non-hydrogen) atoms. The molecule has 0 radical (unpaired) electrons. The van der Waals surface area contributed by atoms with Crippen molar-refractivity contribution < 1.29 is 33.8 Å². The van der Waals surface area contributed by atoms with Crippen molar-refractivity contribution >= 4 is 23.6 Å². The van der Waals surface area contributed by atoms with Crippen molar-refractivity contribution in [2.75, 3.05) is 34.9 Å². The lowest BCUT2D eigenvalue weighted by Crippen LogP contribution is -2.60. The van der Waals surface area contributed by atoms with Gasteiger partial charge < -0.3 is 30.1 Å². The predicted molar refractivity (Wildman–Crippen MR) is 200 cm³/mol. The van der Waals surface area contributed by atoms with Crippen LogP contribution >= 0.6 is 0 Å². The minimum absolute atomic E-state index is 0.00429. The van der Waals surface area contributed by atoms with Crippen molar-refractivity contribution in [3.05, 3.63) is 35.9 Å². The van der Waals surface area contributed by atoms with Gasteiger partial charge in [-0.15, -0.1) is 0 Å². The molecule has 1 aromatic rings. The van der Waals surface area contributed by atoms with E-state index in [1.54, 1.807) is 35.1 Å². The average Bonchev–Trinajstić information content (AvgIpc) is 3.57. The molecule has 12 nitrogen and oxygen atoms in total. The SMILES string of the molecule is CC[C@H](C)[C@H]([C@@H](CC(=O)N1CCC[C@H]1[C@@H](OC)[C@@H](C)C(=O)N[C@H](C)[C@@H](O)c1ccccc1)OC)N(C)[C@H](C(=O)NC(=O)[C@@H](NC)C(C)C)C(C)C. The normalized spacial score (nSPS) is 20.3. The summed E-state index contributed by atoms with van der Waals surface area (Å²) in [5.41, 5.74) is 0.713. The van der Waals surface area contributed by atoms with Gasteiger partial charge in [0.15, 0.2) is 0 Å². The summed E-state index contributed by atoms with van der Waals surface area (Å²) < 4.78 is 12.0. The second-order valence-corrected chi connectivity index (χ2v) is 15.0. The average molecular weight is 718 g/mol. The monoisotopic (exact) mass is 718 g/mol. The minimum Gasteiger partial charge on any atom is -0.386 e. The van der Waals surface area contributed by atoms with E-state index in [0.717, 1.165) is 12.8 Å². The molecule has 0 aromatic heterocycles. The maximum Gasteiger partial charge on any atom is 0.244 e. The first-order chi connectivity index (χ1) is 24.0. The molecule has 10 atom stereocenters. The number of nitrogens with zero attached hydrogens (tertiary/aromatic N) is 2. The van der Waals surface area contributed by atoms with Gasteiger partial charge in [0, 0.05) is 26.8 Å². The molecule has 4 amide bonds. The first-order valence-electron chi connectivity index (χ1n) is 18.7. The summed E-state index contributed by atoms with van der Waals surface area (Å²) in [4.78, 5) is 58.1. The Hall–Kier alpha value is -2.90. The van der Waals surface area contributed by atoms with Gasteiger partial charge >= 0.3 is 0 Å². The molecular formula is C39H67N5O7. The van der Waals surface area contributed by atoms with E-state index in [9.17, 15) is 24.3 Å². The Bertz CT molecular complexity index is 1250. The van der Waals surface area contributed by atoms with E-state index in [2.05, 4.69) is 29.8 Å². The Morgan fingerprint density at radius 3 is 2.08 bits per heavy atom. The van der Waals surface area contributed by atoms with Gasteiger partial charge in [0.25, 0.3) is 0 Å². The van der Waals surface area contributed by atoms with E-state index in [-0.39, 0.29) is 59.9 Å². The van der Waals surface area contributed by atoms with Crippen LogP contribution in [0.4, 0.5) is 0 Å². The number of rotatable bonds is 20. The molecule has 0 spiro atoms. The second kappa shape index (κ2) is 21.0. The summed E-state index contributed by atoms with van der Waals surface area (Å²) in [5.74, 6) is -1.80. The molecule has 290 valence electrons. The van der Waals surface area contributed by atoms with Crippen molar-refractivity contribution in [2.24, 2.45) is 23.7 Å². The molecule has 0 aliphatic carbocycles. The van der Waals surface area contributed by atoms with Crippen molar-refractivity contribution in [3.8, 4) is 0 Å². The number of benzene rings is 1. The number of ether oxygens (including phenoxy) is 2. The number of carbonyl (C=O) groups excluding carboxylic acids is 4. The van der Waals surface area contributed by atoms with Crippen molar-refractivity contribution in [3.63, 3.8) is 0 Å². The lowest BCUT2D eigenvalue weighted by molar-refractivity contribution is -0.144. The van der Waals surface area contributed by atoms with Crippen molar-refractivity contribution in [1.82, 2.24) is 25.8 Å². The van der Waals surface area contributed by atoms with Crippen LogP contribution in [0.15, 0.2) is 30.3 Å². The highest BCUT2D eigenvalue weighted by Crippen LogP contribution is 2.30. The topological polar surface area (TPSA) is 150 Å². The van der Waals surface area contributed by atoms with E-state index < -0.39 is 42.4 Å². The van der Waals surface area contributed by atoms with Crippen molar-refractivity contribution in [2.45, 2.75) is 130 Å². The third-order valence-electron chi connectivity index (χ3n) is 10.8. The zero-order valence-corrected chi connectivity index (χ0v) is 33.1. The number of amides is 4. The molecule has 4 N–H and O–H groups in total. The smallest absolute Gasteiger partial charge is 0.244 e. The molecule has 0 saturated carbocycles. The highest BCUT2D eigenvalue weighted by molar-refractivity contribution is 6.00. The minimum atomic E-state index is -0.873. The molecule has 1 fully saturated rings. The van der Waals surface area contributed by atoms with Crippen LogP contribution < -0.4 is 16.0 Å². The number of aliphatic hydroxyl groups is 1. The number of carbonyl (C=O) groups is 4. The highest BCUT2D eigenvalue weighted by atomic mass is 16.5. The third kappa shape index (κ3) is 11.5. The van der Waals surface area contributed by atoms with Gasteiger partial charge in [-0.1, -0.05) is 85.2 Å². The lowest BCUT2D eigenvalue weighted by atomic mass is 9.87. The number of hydrogen-bond donors (Lipinski definition) is 4.